The summed E-state index contributed by atoms with van der Waals surface area (Å²) in [5.41, 5.74) is 2.60. The average Bonchev–Trinajstić information content (AvgIpc) is 2.32. The Hall–Kier alpha value is -0.860. The van der Waals surface area contributed by atoms with Crippen molar-refractivity contribution < 1.29 is 5.11 Å². The van der Waals surface area contributed by atoms with Crippen molar-refractivity contribution in [3.05, 3.63) is 35.4 Å². The van der Waals surface area contributed by atoms with Gasteiger partial charge in [0.2, 0.25) is 0 Å². The summed E-state index contributed by atoms with van der Waals surface area (Å²) in [7, 11) is 0. The van der Waals surface area contributed by atoms with Gasteiger partial charge in [-0.3, -0.25) is 0 Å². The lowest BCUT2D eigenvalue weighted by Crippen LogP contribution is -2.43. The van der Waals surface area contributed by atoms with Crippen molar-refractivity contribution in [1.29, 1.82) is 0 Å². The molecule has 94 valence electrons. The van der Waals surface area contributed by atoms with Crippen LogP contribution in [0.4, 0.5) is 0 Å². The molecule has 0 amide bonds. The molecule has 1 aromatic rings. The molecule has 1 fully saturated rings. The van der Waals surface area contributed by atoms with Crippen molar-refractivity contribution in [3.63, 3.8) is 0 Å². The number of hydrogen-bond acceptors (Lipinski definition) is 2. The predicted octanol–water partition coefficient (Wildman–Crippen LogP) is 2.95. The molecule has 17 heavy (non-hydrogen) atoms. The first-order chi connectivity index (χ1) is 8.16. The molecule has 0 aliphatic heterocycles. The maximum absolute atomic E-state index is 9.96. The van der Waals surface area contributed by atoms with Crippen molar-refractivity contribution in [1.82, 2.24) is 5.32 Å². The van der Waals surface area contributed by atoms with E-state index < -0.39 is 0 Å². The van der Waals surface area contributed by atoms with Gasteiger partial charge in [0.1, 0.15) is 0 Å². The van der Waals surface area contributed by atoms with Crippen LogP contribution in [-0.4, -0.2) is 17.3 Å². The van der Waals surface area contributed by atoms with Gasteiger partial charge in [-0.25, -0.2) is 0 Å². The summed E-state index contributed by atoms with van der Waals surface area (Å²) in [6, 6.07) is 9.16. The Labute approximate surface area is 104 Å². The molecule has 0 heterocycles. The maximum atomic E-state index is 9.96. The zero-order valence-electron chi connectivity index (χ0n) is 10.8. The quantitative estimate of drug-likeness (QED) is 0.841. The first-order valence-corrected chi connectivity index (χ1v) is 6.67. The minimum atomic E-state index is -0.170. The van der Waals surface area contributed by atoms with Crippen LogP contribution in [0.25, 0.3) is 0 Å². The molecule has 1 aliphatic carbocycles. The third-order valence-electron chi connectivity index (χ3n) is 3.74. The Morgan fingerprint density at radius 2 is 2.06 bits per heavy atom. The molecule has 2 unspecified atom stereocenters. The Morgan fingerprint density at radius 3 is 2.76 bits per heavy atom. The monoisotopic (exact) mass is 233 g/mol. The standard InChI is InChI=1S/C15H23NO/c1-11-6-5-7-13(10-11)12(2)16-14-8-3-4-9-15(14)17/h5-7,10,12,14-17H,3-4,8-9H2,1-2H3/t12-,14?,15?/m0/s1. The normalized spacial score (nSPS) is 26.8. The van der Waals surface area contributed by atoms with Crippen LogP contribution >= 0.6 is 0 Å². The second-order valence-electron chi connectivity index (χ2n) is 5.26. The number of rotatable bonds is 3. The third kappa shape index (κ3) is 3.30. The summed E-state index contributed by atoms with van der Waals surface area (Å²) in [6.45, 7) is 4.29. The van der Waals surface area contributed by atoms with E-state index in [0.29, 0.717) is 6.04 Å². The van der Waals surface area contributed by atoms with Gasteiger partial charge in [0.15, 0.2) is 0 Å². The molecule has 1 aromatic carbocycles. The fourth-order valence-electron chi connectivity index (χ4n) is 2.66. The van der Waals surface area contributed by atoms with Crippen molar-refractivity contribution in [2.45, 2.75) is 57.7 Å². The molecule has 2 heteroatoms. The molecule has 3 atom stereocenters. The highest BCUT2D eigenvalue weighted by molar-refractivity contribution is 5.24. The highest BCUT2D eigenvalue weighted by Gasteiger charge is 2.24. The van der Waals surface area contributed by atoms with E-state index in [4.69, 9.17) is 0 Å². The zero-order valence-corrected chi connectivity index (χ0v) is 10.8. The van der Waals surface area contributed by atoms with Crippen molar-refractivity contribution >= 4 is 0 Å². The van der Waals surface area contributed by atoms with E-state index >= 15 is 0 Å². The summed E-state index contributed by atoms with van der Waals surface area (Å²) in [5, 5.41) is 13.5. The summed E-state index contributed by atoms with van der Waals surface area (Å²) >= 11 is 0. The molecular weight excluding hydrogens is 210 g/mol. The summed E-state index contributed by atoms with van der Waals surface area (Å²) < 4.78 is 0. The Bertz CT molecular complexity index is 364. The molecule has 0 aromatic heterocycles. The van der Waals surface area contributed by atoms with Gasteiger partial charge in [-0.05, 0) is 32.3 Å². The van der Waals surface area contributed by atoms with Gasteiger partial charge in [-0.1, -0.05) is 42.7 Å². The molecular formula is C15H23NO. The van der Waals surface area contributed by atoms with Crippen molar-refractivity contribution in [2.24, 2.45) is 0 Å². The van der Waals surface area contributed by atoms with Crippen LogP contribution in [0.3, 0.4) is 0 Å². The highest BCUT2D eigenvalue weighted by atomic mass is 16.3. The molecule has 1 aliphatic rings. The minimum absolute atomic E-state index is 0.170. The minimum Gasteiger partial charge on any atom is -0.392 e. The van der Waals surface area contributed by atoms with Crippen LogP contribution < -0.4 is 5.32 Å². The lowest BCUT2D eigenvalue weighted by molar-refractivity contribution is 0.0860. The Kier molecular flexibility index (Phi) is 4.19. The smallest absolute Gasteiger partial charge is 0.0693 e. The highest BCUT2D eigenvalue weighted by Crippen LogP contribution is 2.22. The fourth-order valence-corrected chi connectivity index (χ4v) is 2.66. The zero-order chi connectivity index (χ0) is 12.3. The molecule has 2 rings (SSSR count). The number of aliphatic hydroxyl groups excluding tert-OH is 1. The molecule has 2 nitrogen and oxygen atoms in total. The van der Waals surface area contributed by atoms with E-state index in [-0.39, 0.29) is 12.1 Å². The van der Waals surface area contributed by atoms with Crippen molar-refractivity contribution in [3.8, 4) is 0 Å². The Morgan fingerprint density at radius 1 is 1.29 bits per heavy atom. The summed E-state index contributed by atoms with van der Waals surface area (Å²) in [4.78, 5) is 0. The second kappa shape index (κ2) is 5.65. The van der Waals surface area contributed by atoms with Crippen LogP contribution in [0.5, 0.6) is 0 Å². The fraction of sp³-hybridized carbons (Fsp3) is 0.600. The Balaban J connectivity index is 1.98. The van der Waals surface area contributed by atoms with Gasteiger partial charge >= 0.3 is 0 Å². The molecule has 2 N–H and O–H groups in total. The molecule has 1 saturated carbocycles. The third-order valence-corrected chi connectivity index (χ3v) is 3.74. The first kappa shape index (κ1) is 12.6. The number of benzene rings is 1. The van der Waals surface area contributed by atoms with Crippen LogP contribution in [0.2, 0.25) is 0 Å². The maximum Gasteiger partial charge on any atom is 0.0693 e. The molecule has 0 radical (unpaired) electrons. The number of aliphatic hydroxyl groups is 1. The van der Waals surface area contributed by atoms with Gasteiger partial charge < -0.3 is 10.4 Å². The first-order valence-electron chi connectivity index (χ1n) is 6.67. The largest absolute Gasteiger partial charge is 0.392 e. The van der Waals surface area contributed by atoms with Gasteiger partial charge in [-0.2, -0.15) is 0 Å². The van der Waals surface area contributed by atoms with E-state index in [1.807, 2.05) is 0 Å². The van der Waals surface area contributed by atoms with Gasteiger partial charge in [-0.15, -0.1) is 0 Å². The van der Waals surface area contributed by atoms with E-state index in [0.717, 1.165) is 19.3 Å². The van der Waals surface area contributed by atoms with Gasteiger partial charge in [0.25, 0.3) is 0 Å². The molecule has 0 spiro atoms. The van der Waals surface area contributed by atoms with E-state index in [1.165, 1.54) is 17.5 Å². The summed E-state index contributed by atoms with van der Waals surface area (Å²) in [5.74, 6) is 0. The molecule has 0 bridgehead atoms. The lowest BCUT2D eigenvalue weighted by Gasteiger charge is -2.31. The number of hydrogen-bond donors (Lipinski definition) is 2. The number of nitrogens with one attached hydrogen (secondary N) is 1. The van der Waals surface area contributed by atoms with Crippen LogP contribution in [0, 0.1) is 6.92 Å². The average molecular weight is 233 g/mol. The summed E-state index contributed by atoms with van der Waals surface area (Å²) in [6.07, 6.45) is 4.26. The lowest BCUT2D eigenvalue weighted by atomic mass is 9.91. The van der Waals surface area contributed by atoms with Gasteiger partial charge in [0, 0.05) is 12.1 Å². The SMILES string of the molecule is Cc1cccc([C@H](C)NC2CCCCC2O)c1. The van der Waals surface area contributed by atoms with Crippen LogP contribution in [0.1, 0.15) is 49.8 Å². The predicted molar refractivity (Wildman–Crippen MR) is 71.0 cm³/mol. The topological polar surface area (TPSA) is 32.3 Å². The second-order valence-corrected chi connectivity index (χ2v) is 5.26. The van der Waals surface area contributed by atoms with Gasteiger partial charge in [0.05, 0.1) is 6.10 Å². The number of aryl methyl sites for hydroxylation is 1. The van der Waals surface area contributed by atoms with Crippen molar-refractivity contribution in [2.75, 3.05) is 0 Å². The van der Waals surface area contributed by atoms with E-state index in [2.05, 4.69) is 43.4 Å². The van der Waals surface area contributed by atoms with E-state index in [1.54, 1.807) is 0 Å². The van der Waals surface area contributed by atoms with Crippen LogP contribution in [-0.2, 0) is 0 Å². The van der Waals surface area contributed by atoms with Crippen LogP contribution in [0.15, 0.2) is 24.3 Å². The molecule has 0 saturated heterocycles. The van der Waals surface area contributed by atoms with E-state index in [9.17, 15) is 5.11 Å².